The highest BCUT2D eigenvalue weighted by atomic mass is 79.9. The standard InChI is InChI=1S/C8H19N.C3H5NO.BrH/c1-2-3-4-5-6-7-8-9;1-2-3(4)5;/h2-9H2,1H3;2H,1H2,(H2,4,5);1H. The van der Waals surface area contributed by atoms with Crippen LogP contribution in [0, 0.1) is 0 Å². The Morgan fingerprint density at radius 2 is 1.60 bits per heavy atom. The second kappa shape index (κ2) is 19.3. The van der Waals surface area contributed by atoms with Gasteiger partial charge in [-0.25, -0.2) is 0 Å². The molecule has 0 spiro atoms. The first kappa shape index (κ1) is 20.1. The van der Waals surface area contributed by atoms with E-state index in [0.717, 1.165) is 12.6 Å². The van der Waals surface area contributed by atoms with Crippen LogP contribution in [0.25, 0.3) is 0 Å². The molecule has 0 rings (SSSR count). The first-order valence-electron chi connectivity index (χ1n) is 5.31. The molecule has 4 N–H and O–H groups in total. The Kier molecular flexibility index (Phi) is 25.8. The summed E-state index contributed by atoms with van der Waals surface area (Å²) in [6.45, 7) is 6.19. The Hall–Kier alpha value is -0.350. The highest BCUT2D eigenvalue weighted by Gasteiger charge is 1.85. The summed E-state index contributed by atoms with van der Waals surface area (Å²) in [7, 11) is 0. The average Bonchev–Trinajstić information content (AvgIpc) is 2.19. The number of hydrogen-bond acceptors (Lipinski definition) is 2. The highest BCUT2D eigenvalue weighted by Crippen LogP contribution is 2.03. The Morgan fingerprint density at radius 1 is 1.20 bits per heavy atom. The van der Waals surface area contributed by atoms with Gasteiger partial charge in [0.25, 0.3) is 0 Å². The van der Waals surface area contributed by atoms with Crippen molar-refractivity contribution in [3.63, 3.8) is 0 Å². The maximum absolute atomic E-state index is 9.47. The Bertz CT molecular complexity index is 135. The van der Waals surface area contributed by atoms with Gasteiger partial charge in [-0.15, -0.1) is 17.0 Å². The van der Waals surface area contributed by atoms with E-state index in [2.05, 4.69) is 19.2 Å². The predicted molar refractivity (Wildman–Crippen MR) is 72.1 cm³/mol. The monoisotopic (exact) mass is 280 g/mol. The van der Waals surface area contributed by atoms with Crippen LogP contribution < -0.4 is 11.5 Å². The molecular formula is C11H25BrN2O. The number of amides is 1. The van der Waals surface area contributed by atoms with Crippen LogP contribution in [0.3, 0.4) is 0 Å². The zero-order chi connectivity index (χ0) is 11.2. The molecule has 15 heavy (non-hydrogen) atoms. The van der Waals surface area contributed by atoms with Crippen molar-refractivity contribution in [2.24, 2.45) is 11.5 Å². The minimum atomic E-state index is -0.481. The lowest BCUT2D eigenvalue weighted by Crippen LogP contribution is -2.04. The van der Waals surface area contributed by atoms with Gasteiger partial charge in [-0.05, 0) is 19.0 Å². The molecule has 0 atom stereocenters. The molecule has 0 aromatic carbocycles. The Morgan fingerprint density at radius 3 is 1.93 bits per heavy atom. The van der Waals surface area contributed by atoms with E-state index in [1.54, 1.807) is 0 Å². The summed E-state index contributed by atoms with van der Waals surface area (Å²) in [5, 5.41) is 0. The van der Waals surface area contributed by atoms with Gasteiger partial charge in [0.15, 0.2) is 0 Å². The van der Waals surface area contributed by atoms with Crippen LogP contribution in [0.1, 0.15) is 45.4 Å². The van der Waals surface area contributed by atoms with Crippen LogP contribution >= 0.6 is 17.0 Å². The number of unbranched alkanes of at least 4 members (excludes halogenated alkanes) is 5. The first-order valence-corrected chi connectivity index (χ1v) is 5.31. The molecule has 4 heteroatoms. The molecule has 0 aliphatic heterocycles. The van der Waals surface area contributed by atoms with Gasteiger partial charge in [0.2, 0.25) is 5.91 Å². The third kappa shape index (κ3) is 31.7. The van der Waals surface area contributed by atoms with Crippen LogP contribution in [-0.4, -0.2) is 12.5 Å². The van der Waals surface area contributed by atoms with Crippen molar-refractivity contribution in [2.75, 3.05) is 6.54 Å². The topological polar surface area (TPSA) is 69.1 Å². The van der Waals surface area contributed by atoms with Gasteiger partial charge >= 0.3 is 0 Å². The molecular weight excluding hydrogens is 256 g/mol. The number of nitrogens with two attached hydrogens (primary N) is 2. The first-order chi connectivity index (χ1) is 6.68. The third-order valence-electron chi connectivity index (χ3n) is 1.76. The lowest BCUT2D eigenvalue weighted by atomic mass is 10.1. The van der Waals surface area contributed by atoms with Crippen molar-refractivity contribution in [2.45, 2.75) is 45.4 Å². The summed E-state index contributed by atoms with van der Waals surface area (Å²) in [6.07, 6.45) is 9.11. The average molecular weight is 281 g/mol. The van der Waals surface area contributed by atoms with Crippen molar-refractivity contribution in [3.05, 3.63) is 12.7 Å². The molecule has 0 aromatic rings. The molecule has 0 saturated heterocycles. The molecule has 0 aromatic heterocycles. The van der Waals surface area contributed by atoms with Crippen molar-refractivity contribution in [3.8, 4) is 0 Å². The van der Waals surface area contributed by atoms with E-state index in [-0.39, 0.29) is 17.0 Å². The molecule has 0 aliphatic rings. The van der Waals surface area contributed by atoms with E-state index >= 15 is 0 Å². The number of carbonyl (C=O) groups is 1. The third-order valence-corrected chi connectivity index (χ3v) is 1.76. The summed E-state index contributed by atoms with van der Waals surface area (Å²) in [5.41, 5.74) is 9.88. The maximum Gasteiger partial charge on any atom is 0.240 e. The van der Waals surface area contributed by atoms with E-state index in [4.69, 9.17) is 5.73 Å². The maximum atomic E-state index is 9.47. The molecule has 0 fully saturated rings. The summed E-state index contributed by atoms with van der Waals surface area (Å²) >= 11 is 0. The number of carbonyl (C=O) groups excluding carboxylic acids is 1. The minimum absolute atomic E-state index is 0. The molecule has 92 valence electrons. The zero-order valence-electron chi connectivity index (χ0n) is 9.71. The van der Waals surface area contributed by atoms with Gasteiger partial charge in [-0.1, -0.05) is 45.6 Å². The molecule has 0 bridgehead atoms. The Balaban J connectivity index is -0.000000208. The fraction of sp³-hybridized carbons (Fsp3) is 0.727. The molecule has 3 nitrogen and oxygen atoms in total. The smallest absolute Gasteiger partial charge is 0.240 e. The second-order valence-electron chi connectivity index (χ2n) is 3.16. The van der Waals surface area contributed by atoms with Gasteiger partial charge in [0.1, 0.15) is 0 Å². The van der Waals surface area contributed by atoms with Crippen molar-refractivity contribution in [1.29, 1.82) is 0 Å². The molecule has 0 unspecified atom stereocenters. The number of halogens is 1. The summed E-state index contributed by atoms with van der Waals surface area (Å²) in [6, 6.07) is 0. The van der Waals surface area contributed by atoms with Crippen LogP contribution in [0.15, 0.2) is 12.7 Å². The van der Waals surface area contributed by atoms with Crippen LogP contribution in [0.5, 0.6) is 0 Å². The van der Waals surface area contributed by atoms with Gasteiger partial charge in [0, 0.05) is 0 Å². The summed E-state index contributed by atoms with van der Waals surface area (Å²) in [4.78, 5) is 9.47. The van der Waals surface area contributed by atoms with Crippen molar-refractivity contribution >= 4 is 22.9 Å². The van der Waals surface area contributed by atoms with Gasteiger partial charge in [-0.3, -0.25) is 4.79 Å². The highest BCUT2D eigenvalue weighted by molar-refractivity contribution is 8.93. The molecule has 0 radical (unpaired) electrons. The molecule has 0 saturated carbocycles. The van der Waals surface area contributed by atoms with Crippen LogP contribution in [-0.2, 0) is 4.79 Å². The van der Waals surface area contributed by atoms with Crippen molar-refractivity contribution < 1.29 is 4.79 Å². The minimum Gasteiger partial charge on any atom is -0.366 e. The molecule has 0 aliphatic carbocycles. The van der Waals surface area contributed by atoms with Crippen LogP contribution in [0.4, 0.5) is 0 Å². The number of hydrogen-bond donors (Lipinski definition) is 2. The lowest BCUT2D eigenvalue weighted by molar-refractivity contribution is -0.113. The quantitative estimate of drug-likeness (QED) is 0.556. The van der Waals surface area contributed by atoms with Crippen molar-refractivity contribution in [1.82, 2.24) is 0 Å². The predicted octanol–water partition coefficient (Wildman–Crippen LogP) is 2.54. The largest absolute Gasteiger partial charge is 0.366 e. The van der Waals surface area contributed by atoms with E-state index in [9.17, 15) is 4.79 Å². The fourth-order valence-electron chi connectivity index (χ4n) is 0.925. The van der Waals surface area contributed by atoms with Gasteiger partial charge in [0.05, 0.1) is 0 Å². The summed E-state index contributed by atoms with van der Waals surface area (Å²) < 4.78 is 0. The van der Waals surface area contributed by atoms with Crippen LogP contribution in [0.2, 0.25) is 0 Å². The lowest BCUT2D eigenvalue weighted by Gasteiger charge is -1.96. The summed E-state index contributed by atoms with van der Waals surface area (Å²) in [5.74, 6) is -0.481. The van der Waals surface area contributed by atoms with E-state index in [0.29, 0.717) is 0 Å². The molecule has 1 amide bonds. The number of rotatable bonds is 7. The zero-order valence-corrected chi connectivity index (χ0v) is 11.4. The Labute approximate surface area is 104 Å². The fourth-order valence-corrected chi connectivity index (χ4v) is 0.925. The van der Waals surface area contributed by atoms with Gasteiger partial charge in [-0.2, -0.15) is 0 Å². The second-order valence-corrected chi connectivity index (χ2v) is 3.16. The van der Waals surface area contributed by atoms with Gasteiger partial charge < -0.3 is 11.5 Å². The SMILES string of the molecule is Br.C=CC(N)=O.CCCCCCCCN. The number of primary amides is 1. The van der Waals surface area contributed by atoms with E-state index in [1.165, 1.54) is 38.5 Å². The van der Waals surface area contributed by atoms with E-state index < -0.39 is 5.91 Å². The van der Waals surface area contributed by atoms with E-state index in [1.807, 2.05) is 0 Å². The normalized spacial score (nSPS) is 8.13. The molecule has 0 heterocycles.